The molecule has 0 aliphatic carbocycles. The molecule has 0 N–H and O–H groups in total. The standard InChI is InChI=1S/C15H21BrO2Si/c1-14(16)13-18-11-8-6-5-7-9-15(17)10-12-19(2,3)4/h1,5,7,9,11,13H2,2-4H3. The Kier molecular flexibility index (Phi) is 9.60. The minimum absolute atomic E-state index is 0.0241. The molecule has 0 amide bonds. The van der Waals surface area contributed by atoms with E-state index in [1.165, 1.54) is 0 Å². The highest BCUT2D eigenvalue weighted by atomic mass is 79.9. The summed E-state index contributed by atoms with van der Waals surface area (Å²) >= 11 is 3.20. The van der Waals surface area contributed by atoms with E-state index in [1.807, 2.05) is 0 Å². The first-order valence-corrected chi connectivity index (χ1v) is 10.5. The van der Waals surface area contributed by atoms with Crippen LogP contribution in [0.3, 0.4) is 0 Å². The lowest BCUT2D eigenvalue weighted by molar-refractivity contribution is -0.113. The summed E-state index contributed by atoms with van der Waals surface area (Å²) in [6, 6.07) is 0. The molecule has 0 rings (SSSR count). The summed E-state index contributed by atoms with van der Waals surface area (Å²) in [5.74, 6) is 8.63. The van der Waals surface area contributed by atoms with Crippen molar-refractivity contribution in [3.8, 4) is 23.3 Å². The van der Waals surface area contributed by atoms with Crippen LogP contribution in [0.5, 0.6) is 0 Å². The number of Topliss-reactive ketones (excluding diaryl/α,β-unsaturated/α-hetero) is 1. The molecule has 0 spiro atoms. The second-order valence-corrected chi connectivity index (χ2v) is 11.0. The summed E-state index contributed by atoms with van der Waals surface area (Å²) in [5, 5.41) is 0. The van der Waals surface area contributed by atoms with E-state index in [0.717, 1.165) is 10.9 Å². The van der Waals surface area contributed by atoms with Crippen LogP contribution in [0, 0.1) is 23.3 Å². The van der Waals surface area contributed by atoms with Gasteiger partial charge in [0, 0.05) is 17.3 Å². The molecule has 0 fully saturated rings. The van der Waals surface area contributed by atoms with Gasteiger partial charge in [-0.05, 0) is 12.3 Å². The normalized spacial score (nSPS) is 9.89. The molecule has 0 aliphatic heterocycles. The van der Waals surface area contributed by atoms with E-state index in [9.17, 15) is 4.79 Å². The zero-order chi connectivity index (χ0) is 14.7. The van der Waals surface area contributed by atoms with Crippen molar-refractivity contribution in [1.29, 1.82) is 0 Å². The first-order chi connectivity index (χ1) is 8.81. The molecule has 4 heteroatoms. The molecular formula is C15H21BrO2Si. The molecule has 19 heavy (non-hydrogen) atoms. The Morgan fingerprint density at radius 3 is 2.58 bits per heavy atom. The fourth-order valence-electron chi connectivity index (χ4n) is 1.01. The molecule has 0 saturated heterocycles. The van der Waals surface area contributed by atoms with E-state index in [4.69, 9.17) is 4.74 Å². The van der Waals surface area contributed by atoms with Crippen molar-refractivity contribution >= 4 is 29.8 Å². The van der Waals surface area contributed by atoms with Crippen molar-refractivity contribution in [1.82, 2.24) is 0 Å². The molecule has 0 unspecified atom stereocenters. The first kappa shape index (κ1) is 18.2. The Morgan fingerprint density at radius 2 is 2.00 bits per heavy atom. The largest absolute Gasteiger partial charge is 0.364 e. The van der Waals surface area contributed by atoms with Crippen LogP contribution in [-0.4, -0.2) is 27.1 Å². The third kappa shape index (κ3) is 15.1. The van der Waals surface area contributed by atoms with Crippen LogP contribution in [0.15, 0.2) is 11.1 Å². The number of hydrogen-bond donors (Lipinski definition) is 0. The molecule has 0 aromatic heterocycles. The Hall–Kier alpha value is -0.813. The quantitative estimate of drug-likeness (QED) is 0.420. The average Bonchev–Trinajstić information content (AvgIpc) is 2.28. The van der Waals surface area contributed by atoms with Gasteiger partial charge in [-0.1, -0.05) is 48.1 Å². The fourth-order valence-corrected chi connectivity index (χ4v) is 1.69. The zero-order valence-electron chi connectivity index (χ0n) is 11.9. The zero-order valence-corrected chi connectivity index (χ0v) is 14.5. The molecule has 0 aromatic rings. The van der Waals surface area contributed by atoms with E-state index < -0.39 is 8.07 Å². The lowest BCUT2D eigenvalue weighted by atomic mass is 10.2. The van der Waals surface area contributed by atoms with Gasteiger partial charge < -0.3 is 4.74 Å². The van der Waals surface area contributed by atoms with Crippen molar-refractivity contribution in [3.63, 3.8) is 0 Å². The van der Waals surface area contributed by atoms with E-state index in [2.05, 4.69) is 65.5 Å². The molecule has 0 heterocycles. The Bertz CT molecular complexity index is 427. The van der Waals surface area contributed by atoms with E-state index in [-0.39, 0.29) is 5.78 Å². The first-order valence-electron chi connectivity index (χ1n) is 6.24. The smallest absolute Gasteiger partial charge is 0.204 e. The topological polar surface area (TPSA) is 26.3 Å². The van der Waals surface area contributed by atoms with Crippen LogP contribution in [0.1, 0.15) is 19.3 Å². The molecule has 0 radical (unpaired) electrons. The SMILES string of the molecule is C=C(Br)COCC#CCCCC(=O)C#C[Si](C)(C)C. The van der Waals surface area contributed by atoms with Gasteiger partial charge in [-0.3, -0.25) is 4.79 Å². The van der Waals surface area contributed by atoms with Crippen LogP contribution in [0.2, 0.25) is 19.6 Å². The predicted octanol–water partition coefficient (Wildman–Crippen LogP) is 3.54. The number of ether oxygens (including phenoxy) is 1. The molecule has 0 saturated carbocycles. The van der Waals surface area contributed by atoms with Crippen LogP contribution >= 0.6 is 15.9 Å². The number of hydrogen-bond acceptors (Lipinski definition) is 2. The van der Waals surface area contributed by atoms with E-state index >= 15 is 0 Å². The molecular weight excluding hydrogens is 320 g/mol. The van der Waals surface area contributed by atoms with Crippen molar-refractivity contribution in [2.24, 2.45) is 0 Å². The third-order valence-electron chi connectivity index (χ3n) is 1.84. The molecule has 0 atom stereocenters. The maximum absolute atomic E-state index is 11.5. The fraction of sp³-hybridized carbons (Fsp3) is 0.533. The molecule has 0 aliphatic rings. The number of halogens is 1. The van der Waals surface area contributed by atoms with Crippen LogP contribution < -0.4 is 0 Å². The van der Waals surface area contributed by atoms with Gasteiger partial charge in [-0.15, -0.1) is 11.5 Å². The summed E-state index contributed by atoms with van der Waals surface area (Å²) < 4.78 is 6.00. The van der Waals surface area contributed by atoms with Crippen LogP contribution in [0.25, 0.3) is 0 Å². The molecule has 2 nitrogen and oxygen atoms in total. The number of unbranched alkanes of at least 4 members (excludes halogenated alkanes) is 1. The van der Waals surface area contributed by atoms with Crippen molar-refractivity contribution in [2.75, 3.05) is 13.2 Å². The predicted molar refractivity (Wildman–Crippen MR) is 86.6 cm³/mol. The van der Waals surface area contributed by atoms with Crippen LogP contribution in [0.4, 0.5) is 0 Å². The van der Waals surface area contributed by atoms with Crippen molar-refractivity contribution in [2.45, 2.75) is 38.9 Å². The molecule has 0 aromatic carbocycles. The van der Waals surface area contributed by atoms with E-state index in [0.29, 0.717) is 26.1 Å². The Labute approximate surface area is 126 Å². The van der Waals surface area contributed by atoms with Gasteiger partial charge in [0.1, 0.15) is 14.7 Å². The van der Waals surface area contributed by atoms with Gasteiger partial charge in [0.25, 0.3) is 0 Å². The lowest BCUT2D eigenvalue weighted by Crippen LogP contribution is -2.17. The Morgan fingerprint density at radius 1 is 1.32 bits per heavy atom. The third-order valence-corrected chi connectivity index (χ3v) is 2.94. The minimum Gasteiger partial charge on any atom is -0.364 e. The molecule has 0 bridgehead atoms. The van der Waals surface area contributed by atoms with Crippen molar-refractivity contribution < 1.29 is 9.53 Å². The van der Waals surface area contributed by atoms with Gasteiger partial charge in [0.15, 0.2) is 0 Å². The molecule has 104 valence electrons. The van der Waals surface area contributed by atoms with E-state index in [1.54, 1.807) is 0 Å². The second-order valence-electron chi connectivity index (χ2n) is 5.14. The maximum Gasteiger partial charge on any atom is 0.204 e. The second kappa shape index (κ2) is 10.0. The van der Waals surface area contributed by atoms with Gasteiger partial charge in [-0.25, -0.2) is 0 Å². The summed E-state index contributed by atoms with van der Waals surface area (Å²) in [6.45, 7) is 10.9. The van der Waals surface area contributed by atoms with Gasteiger partial charge >= 0.3 is 0 Å². The number of carbonyl (C=O) groups excluding carboxylic acids is 1. The highest BCUT2D eigenvalue weighted by Gasteiger charge is 2.08. The summed E-state index contributed by atoms with van der Waals surface area (Å²) in [6.07, 6.45) is 1.96. The highest BCUT2D eigenvalue weighted by molar-refractivity contribution is 9.11. The summed E-state index contributed by atoms with van der Waals surface area (Å²) in [4.78, 5) is 11.5. The summed E-state index contributed by atoms with van der Waals surface area (Å²) in [5.41, 5.74) is 3.07. The average molecular weight is 341 g/mol. The number of carbonyl (C=O) groups is 1. The van der Waals surface area contributed by atoms with Gasteiger partial charge in [0.05, 0.1) is 6.61 Å². The van der Waals surface area contributed by atoms with Crippen LogP contribution in [-0.2, 0) is 9.53 Å². The number of rotatable bonds is 6. The maximum atomic E-state index is 11.5. The van der Waals surface area contributed by atoms with Gasteiger partial charge in [-0.2, -0.15) is 0 Å². The number of ketones is 1. The minimum atomic E-state index is -1.44. The van der Waals surface area contributed by atoms with Crippen molar-refractivity contribution in [3.05, 3.63) is 11.1 Å². The van der Waals surface area contributed by atoms with Gasteiger partial charge in [0.2, 0.25) is 5.78 Å². The summed E-state index contributed by atoms with van der Waals surface area (Å²) in [7, 11) is -1.44. The lowest BCUT2D eigenvalue weighted by Gasteiger charge is -2.02. The highest BCUT2D eigenvalue weighted by Crippen LogP contribution is 2.00. The Balaban J connectivity index is 3.69. The monoisotopic (exact) mass is 340 g/mol.